The molecule has 1 amide bonds. The van der Waals surface area contributed by atoms with Crippen LogP contribution in [0, 0.1) is 0 Å². The molecule has 0 saturated heterocycles. The molecule has 5 aromatic rings. The van der Waals surface area contributed by atoms with Crippen molar-refractivity contribution in [2.24, 2.45) is 5.73 Å². The van der Waals surface area contributed by atoms with Crippen molar-refractivity contribution in [2.45, 2.75) is 0 Å². The van der Waals surface area contributed by atoms with E-state index in [1.807, 2.05) is 66.7 Å². The molecule has 0 aliphatic rings. The van der Waals surface area contributed by atoms with Crippen LogP contribution in [0.2, 0.25) is 0 Å². The average Bonchev–Trinajstić information content (AvgIpc) is 3.32. The molecular weight excluding hydrogens is 448 g/mol. The van der Waals surface area contributed by atoms with Crippen LogP contribution in [-0.2, 0) is 0 Å². The van der Waals surface area contributed by atoms with Crippen LogP contribution in [0.15, 0.2) is 79.0 Å². The van der Waals surface area contributed by atoms with Crippen molar-refractivity contribution >= 4 is 33.3 Å². The number of para-hydroxylation sites is 1. The Morgan fingerprint density at radius 1 is 0.971 bits per heavy atom. The normalized spacial score (nSPS) is 10.9. The van der Waals surface area contributed by atoms with Gasteiger partial charge in [0, 0.05) is 29.9 Å². The standard InChI is InChI=1S/C25H20N6O2S/c26-12-14-33-21-15-20(28-22(31-21)16-7-2-1-3-8-16)23(32)29-18-10-5-4-9-17(18)24-30-19-11-6-13-27-25(19)34-24/h1-11,13,15H,12,14,26H2,(H,29,32). The third-order valence-electron chi connectivity index (χ3n) is 4.91. The largest absolute Gasteiger partial charge is 0.476 e. The third-order valence-corrected chi connectivity index (χ3v) is 5.92. The van der Waals surface area contributed by atoms with Crippen molar-refractivity contribution in [2.75, 3.05) is 18.5 Å². The Morgan fingerprint density at radius 3 is 2.62 bits per heavy atom. The second-order valence-corrected chi connectivity index (χ2v) is 8.24. The zero-order chi connectivity index (χ0) is 23.3. The van der Waals surface area contributed by atoms with Gasteiger partial charge < -0.3 is 15.8 Å². The van der Waals surface area contributed by atoms with E-state index in [0.29, 0.717) is 18.1 Å². The van der Waals surface area contributed by atoms with Crippen molar-refractivity contribution in [3.8, 4) is 27.8 Å². The molecule has 3 N–H and O–H groups in total. The van der Waals surface area contributed by atoms with Crippen LogP contribution in [-0.4, -0.2) is 39.0 Å². The quantitative estimate of drug-likeness (QED) is 0.363. The predicted molar refractivity (Wildman–Crippen MR) is 133 cm³/mol. The number of nitrogens with two attached hydrogens (primary N) is 1. The van der Waals surface area contributed by atoms with E-state index in [0.717, 1.165) is 26.5 Å². The maximum Gasteiger partial charge on any atom is 0.274 e. The topological polar surface area (TPSA) is 116 Å². The fourth-order valence-corrected chi connectivity index (χ4v) is 4.29. The Kier molecular flexibility index (Phi) is 6.19. The van der Waals surface area contributed by atoms with Gasteiger partial charge in [0.2, 0.25) is 5.88 Å². The molecule has 0 unspecified atom stereocenters. The number of benzene rings is 2. The number of pyridine rings is 1. The molecule has 0 bridgehead atoms. The van der Waals surface area contributed by atoms with Crippen LogP contribution >= 0.6 is 11.3 Å². The van der Waals surface area contributed by atoms with Crippen LogP contribution in [0.25, 0.3) is 32.3 Å². The maximum atomic E-state index is 13.3. The number of rotatable bonds is 7. The molecule has 9 heteroatoms. The van der Waals surface area contributed by atoms with Gasteiger partial charge >= 0.3 is 0 Å². The fraction of sp³-hybridized carbons (Fsp3) is 0.0800. The number of amides is 1. The summed E-state index contributed by atoms with van der Waals surface area (Å²) in [5.74, 6) is 0.296. The van der Waals surface area contributed by atoms with Gasteiger partial charge in [-0.2, -0.15) is 4.98 Å². The van der Waals surface area contributed by atoms with Crippen LogP contribution in [0.4, 0.5) is 5.69 Å². The highest BCUT2D eigenvalue weighted by Crippen LogP contribution is 2.33. The summed E-state index contributed by atoms with van der Waals surface area (Å²) in [4.78, 5) is 32.1. The number of aromatic nitrogens is 4. The molecule has 168 valence electrons. The number of carbonyl (C=O) groups is 1. The van der Waals surface area contributed by atoms with E-state index in [4.69, 9.17) is 10.5 Å². The van der Waals surface area contributed by atoms with E-state index in [1.165, 1.54) is 17.4 Å². The van der Waals surface area contributed by atoms with Crippen molar-refractivity contribution < 1.29 is 9.53 Å². The monoisotopic (exact) mass is 468 g/mol. The number of ether oxygens (including phenoxy) is 1. The average molecular weight is 469 g/mol. The molecule has 3 heterocycles. The summed E-state index contributed by atoms with van der Waals surface area (Å²) in [6, 6.07) is 22.2. The van der Waals surface area contributed by atoms with E-state index in [2.05, 4.69) is 25.3 Å². The van der Waals surface area contributed by atoms with Gasteiger partial charge in [0.05, 0.1) is 5.69 Å². The first-order valence-electron chi connectivity index (χ1n) is 10.6. The number of nitrogens with one attached hydrogen (secondary N) is 1. The summed E-state index contributed by atoms with van der Waals surface area (Å²) < 4.78 is 5.61. The van der Waals surface area contributed by atoms with Crippen molar-refractivity contribution in [1.29, 1.82) is 0 Å². The van der Waals surface area contributed by atoms with E-state index >= 15 is 0 Å². The number of nitrogens with zero attached hydrogens (tertiary/aromatic N) is 4. The summed E-state index contributed by atoms with van der Waals surface area (Å²) in [6.07, 6.45) is 1.74. The van der Waals surface area contributed by atoms with Crippen molar-refractivity contribution in [1.82, 2.24) is 19.9 Å². The van der Waals surface area contributed by atoms with Gasteiger partial charge in [-0.15, -0.1) is 0 Å². The van der Waals surface area contributed by atoms with Gasteiger partial charge in [0.1, 0.15) is 27.7 Å². The highest BCUT2D eigenvalue weighted by Gasteiger charge is 2.17. The Bertz CT molecular complexity index is 1420. The van der Waals surface area contributed by atoms with E-state index in [-0.39, 0.29) is 24.1 Å². The molecule has 34 heavy (non-hydrogen) atoms. The lowest BCUT2D eigenvalue weighted by molar-refractivity contribution is 0.102. The van der Waals surface area contributed by atoms with Crippen molar-refractivity contribution in [3.63, 3.8) is 0 Å². The van der Waals surface area contributed by atoms with Crippen LogP contribution in [0.1, 0.15) is 10.5 Å². The Morgan fingerprint density at radius 2 is 1.79 bits per heavy atom. The molecular formula is C25H20N6O2S. The second-order valence-electron chi connectivity index (χ2n) is 7.26. The van der Waals surface area contributed by atoms with Crippen LogP contribution in [0.5, 0.6) is 5.88 Å². The second kappa shape index (κ2) is 9.74. The molecule has 0 atom stereocenters. The molecule has 0 saturated carbocycles. The first-order valence-corrected chi connectivity index (χ1v) is 11.4. The fourth-order valence-electron chi connectivity index (χ4n) is 3.35. The summed E-state index contributed by atoms with van der Waals surface area (Å²) in [6.45, 7) is 0.609. The molecule has 0 aliphatic carbocycles. The summed E-state index contributed by atoms with van der Waals surface area (Å²) >= 11 is 1.47. The SMILES string of the molecule is NCCOc1cc(C(=O)Nc2ccccc2-c2nc3cccnc3s2)nc(-c2ccccc2)n1. The smallest absolute Gasteiger partial charge is 0.274 e. The molecule has 2 aromatic carbocycles. The van der Waals surface area contributed by atoms with E-state index < -0.39 is 0 Å². The number of hydrogen-bond donors (Lipinski definition) is 2. The molecule has 5 rings (SSSR count). The number of carbonyl (C=O) groups excluding carboxylic acids is 1. The molecule has 0 fully saturated rings. The minimum Gasteiger partial charge on any atom is -0.476 e. The van der Waals surface area contributed by atoms with Gasteiger partial charge in [-0.05, 0) is 24.3 Å². The Balaban J connectivity index is 1.49. The third kappa shape index (κ3) is 4.61. The lowest BCUT2D eigenvalue weighted by atomic mass is 10.1. The summed E-state index contributed by atoms with van der Waals surface area (Å²) in [5.41, 5.74) is 8.76. The maximum absolute atomic E-state index is 13.3. The predicted octanol–water partition coefficient (Wildman–Crippen LogP) is 4.41. The number of fused-ring (bicyclic) bond motifs is 1. The lowest BCUT2D eigenvalue weighted by Gasteiger charge is -2.11. The van der Waals surface area contributed by atoms with Gasteiger partial charge in [0.15, 0.2) is 5.82 Å². The summed E-state index contributed by atoms with van der Waals surface area (Å²) in [7, 11) is 0. The van der Waals surface area contributed by atoms with Crippen LogP contribution < -0.4 is 15.8 Å². The van der Waals surface area contributed by atoms with E-state index in [1.54, 1.807) is 6.20 Å². The molecule has 3 aromatic heterocycles. The minimum atomic E-state index is -0.385. The molecule has 0 spiro atoms. The van der Waals surface area contributed by atoms with Gasteiger partial charge in [-0.25, -0.2) is 15.0 Å². The molecule has 8 nitrogen and oxygen atoms in total. The zero-order valence-corrected chi connectivity index (χ0v) is 18.8. The van der Waals surface area contributed by atoms with E-state index in [9.17, 15) is 4.79 Å². The lowest BCUT2D eigenvalue weighted by Crippen LogP contribution is -2.17. The minimum absolute atomic E-state index is 0.182. The Labute approximate surface area is 199 Å². The van der Waals surface area contributed by atoms with Gasteiger partial charge in [-0.3, -0.25) is 4.79 Å². The number of thiazole rings is 1. The first-order chi connectivity index (χ1) is 16.7. The molecule has 0 aliphatic heterocycles. The van der Waals surface area contributed by atoms with Crippen molar-refractivity contribution in [3.05, 3.63) is 84.7 Å². The highest BCUT2D eigenvalue weighted by atomic mass is 32.1. The summed E-state index contributed by atoms with van der Waals surface area (Å²) in [5, 5.41) is 3.74. The molecule has 0 radical (unpaired) electrons. The number of anilines is 1. The number of hydrogen-bond acceptors (Lipinski definition) is 8. The highest BCUT2D eigenvalue weighted by molar-refractivity contribution is 7.21. The van der Waals surface area contributed by atoms with Gasteiger partial charge in [-0.1, -0.05) is 53.8 Å². The first kappa shape index (κ1) is 21.6. The Hall–Kier alpha value is -4.21. The van der Waals surface area contributed by atoms with Crippen LogP contribution in [0.3, 0.4) is 0 Å². The zero-order valence-electron chi connectivity index (χ0n) is 18.0. The van der Waals surface area contributed by atoms with Gasteiger partial charge in [0.25, 0.3) is 5.91 Å².